The van der Waals surface area contributed by atoms with Gasteiger partial charge >= 0.3 is 0 Å². The Labute approximate surface area is 89.7 Å². The van der Waals surface area contributed by atoms with E-state index in [0.717, 1.165) is 5.92 Å². The van der Waals surface area contributed by atoms with Crippen LogP contribution in [-0.4, -0.2) is 13.1 Å². The molecule has 1 heteroatoms. The summed E-state index contributed by atoms with van der Waals surface area (Å²) in [4.78, 5) is 0. The second kappa shape index (κ2) is 5.75. The molecule has 0 radical (unpaired) electrons. The molecule has 1 nitrogen and oxygen atoms in total. The van der Waals surface area contributed by atoms with Crippen LogP contribution >= 0.6 is 0 Å². The standard InChI is InChI=1S/C13H27N/c1-4-5-6-7-8-13(3)9-10-14-11-12(13)2/h12,14H,4-11H2,1-3H3. The molecule has 1 fully saturated rings. The summed E-state index contributed by atoms with van der Waals surface area (Å²) >= 11 is 0. The summed E-state index contributed by atoms with van der Waals surface area (Å²) in [5, 5.41) is 3.49. The molecule has 0 saturated carbocycles. The van der Waals surface area contributed by atoms with E-state index in [1.165, 1.54) is 51.6 Å². The minimum absolute atomic E-state index is 0.624. The van der Waals surface area contributed by atoms with Crippen molar-refractivity contribution in [2.75, 3.05) is 13.1 Å². The Morgan fingerprint density at radius 1 is 1.29 bits per heavy atom. The molecule has 84 valence electrons. The fraction of sp³-hybridized carbons (Fsp3) is 1.00. The number of hydrogen-bond donors (Lipinski definition) is 1. The Morgan fingerprint density at radius 2 is 2.07 bits per heavy atom. The van der Waals surface area contributed by atoms with Crippen molar-refractivity contribution in [3.8, 4) is 0 Å². The molecule has 1 saturated heterocycles. The van der Waals surface area contributed by atoms with Gasteiger partial charge in [-0.3, -0.25) is 0 Å². The van der Waals surface area contributed by atoms with Crippen LogP contribution in [0.4, 0.5) is 0 Å². The van der Waals surface area contributed by atoms with E-state index in [1.807, 2.05) is 0 Å². The van der Waals surface area contributed by atoms with Gasteiger partial charge < -0.3 is 5.32 Å². The fourth-order valence-corrected chi connectivity index (χ4v) is 2.51. The van der Waals surface area contributed by atoms with Gasteiger partial charge in [-0.25, -0.2) is 0 Å². The first-order chi connectivity index (χ1) is 6.69. The van der Waals surface area contributed by atoms with Crippen LogP contribution in [0.3, 0.4) is 0 Å². The highest BCUT2D eigenvalue weighted by Gasteiger charge is 2.32. The molecule has 1 aliphatic rings. The third-order valence-corrected chi connectivity index (χ3v) is 4.11. The first kappa shape index (κ1) is 12.0. The van der Waals surface area contributed by atoms with Crippen LogP contribution < -0.4 is 5.32 Å². The predicted octanol–water partition coefficient (Wildman–Crippen LogP) is 3.59. The second-order valence-electron chi connectivity index (χ2n) is 5.32. The SMILES string of the molecule is CCCCCCC1(C)CCNCC1C. The summed E-state index contributed by atoms with van der Waals surface area (Å²) in [7, 11) is 0. The maximum Gasteiger partial charge on any atom is -0.00179 e. The van der Waals surface area contributed by atoms with E-state index in [4.69, 9.17) is 0 Å². The van der Waals surface area contributed by atoms with Gasteiger partial charge in [-0.15, -0.1) is 0 Å². The summed E-state index contributed by atoms with van der Waals surface area (Å²) < 4.78 is 0. The molecular formula is C13H27N. The first-order valence-electron chi connectivity index (χ1n) is 6.40. The average Bonchev–Trinajstić information content (AvgIpc) is 2.18. The monoisotopic (exact) mass is 197 g/mol. The van der Waals surface area contributed by atoms with E-state index < -0.39 is 0 Å². The Hall–Kier alpha value is -0.0400. The third-order valence-electron chi connectivity index (χ3n) is 4.11. The summed E-state index contributed by atoms with van der Waals surface area (Å²) in [6, 6.07) is 0. The Kier molecular flexibility index (Phi) is 4.94. The van der Waals surface area contributed by atoms with Crippen LogP contribution in [0.25, 0.3) is 0 Å². The van der Waals surface area contributed by atoms with Gasteiger partial charge in [0.05, 0.1) is 0 Å². The van der Waals surface area contributed by atoms with Gasteiger partial charge in [0.1, 0.15) is 0 Å². The molecule has 14 heavy (non-hydrogen) atoms. The molecule has 0 aromatic heterocycles. The van der Waals surface area contributed by atoms with Gasteiger partial charge in [0.2, 0.25) is 0 Å². The van der Waals surface area contributed by atoms with E-state index in [0.29, 0.717) is 5.41 Å². The van der Waals surface area contributed by atoms with E-state index >= 15 is 0 Å². The molecule has 1 N–H and O–H groups in total. The molecule has 0 amide bonds. The molecule has 0 aromatic rings. The molecule has 2 unspecified atom stereocenters. The van der Waals surface area contributed by atoms with Crippen LogP contribution in [0.5, 0.6) is 0 Å². The number of unbranched alkanes of at least 4 members (excludes halogenated alkanes) is 3. The highest BCUT2D eigenvalue weighted by Crippen LogP contribution is 2.38. The number of piperidine rings is 1. The Morgan fingerprint density at radius 3 is 2.71 bits per heavy atom. The van der Waals surface area contributed by atoms with E-state index in [2.05, 4.69) is 26.1 Å². The average molecular weight is 197 g/mol. The normalized spacial score (nSPS) is 33.2. The third kappa shape index (κ3) is 3.27. The lowest BCUT2D eigenvalue weighted by Gasteiger charge is -2.40. The van der Waals surface area contributed by atoms with E-state index in [9.17, 15) is 0 Å². The number of rotatable bonds is 5. The topological polar surface area (TPSA) is 12.0 Å². The zero-order chi connectivity index (χ0) is 10.4. The Bertz CT molecular complexity index is 155. The van der Waals surface area contributed by atoms with Crippen molar-refractivity contribution >= 4 is 0 Å². The van der Waals surface area contributed by atoms with Crippen LogP contribution in [0.1, 0.15) is 59.3 Å². The molecule has 1 aliphatic heterocycles. The summed E-state index contributed by atoms with van der Waals surface area (Å²) in [6.07, 6.45) is 8.47. The van der Waals surface area contributed by atoms with Crippen LogP contribution in [0.2, 0.25) is 0 Å². The number of hydrogen-bond acceptors (Lipinski definition) is 1. The van der Waals surface area contributed by atoms with Gasteiger partial charge in [-0.2, -0.15) is 0 Å². The molecule has 1 rings (SSSR count). The maximum atomic E-state index is 3.49. The molecular weight excluding hydrogens is 170 g/mol. The van der Waals surface area contributed by atoms with Crippen molar-refractivity contribution in [2.24, 2.45) is 11.3 Å². The predicted molar refractivity (Wildman–Crippen MR) is 63.5 cm³/mol. The van der Waals surface area contributed by atoms with E-state index in [1.54, 1.807) is 0 Å². The van der Waals surface area contributed by atoms with Gasteiger partial charge in [0, 0.05) is 0 Å². The Balaban J connectivity index is 2.25. The second-order valence-corrected chi connectivity index (χ2v) is 5.32. The zero-order valence-corrected chi connectivity index (χ0v) is 10.2. The molecule has 0 aliphatic carbocycles. The lowest BCUT2D eigenvalue weighted by Crippen LogP contribution is -2.42. The molecule has 0 aromatic carbocycles. The van der Waals surface area contributed by atoms with Crippen LogP contribution in [0, 0.1) is 11.3 Å². The first-order valence-corrected chi connectivity index (χ1v) is 6.40. The van der Waals surface area contributed by atoms with Crippen molar-refractivity contribution in [1.82, 2.24) is 5.32 Å². The largest absolute Gasteiger partial charge is 0.316 e. The summed E-state index contributed by atoms with van der Waals surface area (Å²) in [5.74, 6) is 0.859. The highest BCUT2D eigenvalue weighted by atomic mass is 14.9. The van der Waals surface area contributed by atoms with Gasteiger partial charge in [-0.1, -0.05) is 46.5 Å². The fourth-order valence-electron chi connectivity index (χ4n) is 2.51. The van der Waals surface area contributed by atoms with Gasteiger partial charge in [0.25, 0.3) is 0 Å². The minimum Gasteiger partial charge on any atom is -0.316 e. The van der Waals surface area contributed by atoms with Crippen LogP contribution in [-0.2, 0) is 0 Å². The minimum atomic E-state index is 0.624. The van der Waals surface area contributed by atoms with Crippen molar-refractivity contribution in [1.29, 1.82) is 0 Å². The van der Waals surface area contributed by atoms with Gasteiger partial charge in [0.15, 0.2) is 0 Å². The number of nitrogens with one attached hydrogen (secondary N) is 1. The lowest BCUT2D eigenvalue weighted by atomic mass is 9.70. The maximum absolute atomic E-state index is 3.49. The summed E-state index contributed by atoms with van der Waals surface area (Å²) in [6.45, 7) is 9.64. The quantitative estimate of drug-likeness (QED) is 0.664. The van der Waals surface area contributed by atoms with E-state index in [-0.39, 0.29) is 0 Å². The van der Waals surface area contributed by atoms with Gasteiger partial charge in [-0.05, 0) is 37.3 Å². The lowest BCUT2D eigenvalue weighted by molar-refractivity contribution is 0.127. The van der Waals surface area contributed by atoms with Crippen molar-refractivity contribution in [3.05, 3.63) is 0 Å². The van der Waals surface area contributed by atoms with Crippen molar-refractivity contribution in [3.63, 3.8) is 0 Å². The summed E-state index contributed by atoms with van der Waals surface area (Å²) in [5.41, 5.74) is 0.624. The molecule has 2 atom stereocenters. The van der Waals surface area contributed by atoms with Crippen molar-refractivity contribution < 1.29 is 0 Å². The highest BCUT2D eigenvalue weighted by molar-refractivity contribution is 4.85. The smallest absolute Gasteiger partial charge is 0.00179 e. The molecule has 0 bridgehead atoms. The molecule has 1 heterocycles. The molecule has 0 spiro atoms. The zero-order valence-electron chi connectivity index (χ0n) is 10.2. The van der Waals surface area contributed by atoms with Crippen molar-refractivity contribution in [2.45, 2.75) is 59.3 Å². The van der Waals surface area contributed by atoms with Crippen LogP contribution in [0.15, 0.2) is 0 Å².